The highest BCUT2D eigenvalue weighted by Crippen LogP contribution is 2.29. The molecule has 0 aliphatic rings. The Kier molecular flexibility index (Phi) is 4.90. The molecule has 0 spiro atoms. The van der Waals surface area contributed by atoms with E-state index in [4.69, 9.17) is 28.9 Å². The van der Waals surface area contributed by atoms with Crippen molar-refractivity contribution in [3.05, 3.63) is 27.7 Å². The molecular weight excluding hydrogens is 243 g/mol. The molecule has 0 aromatic heterocycles. The number of hydrogen-bond donors (Lipinski definition) is 1. The quantitative estimate of drug-likeness (QED) is 0.838. The van der Waals surface area contributed by atoms with Crippen molar-refractivity contribution in [1.82, 2.24) is 4.90 Å². The molecule has 0 radical (unpaired) electrons. The summed E-state index contributed by atoms with van der Waals surface area (Å²) in [6.45, 7) is 6.26. The van der Waals surface area contributed by atoms with Crippen LogP contribution < -0.4 is 5.73 Å². The van der Waals surface area contributed by atoms with Gasteiger partial charge in [-0.05, 0) is 30.7 Å². The van der Waals surface area contributed by atoms with Crippen LogP contribution in [0, 0.1) is 5.92 Å². The predicted octanol–water partition coefficient (Wildman–Crippen LogP) is 3.66. The van der Waals surface area contributed by atoms with Crippen molar-refractivity contribution in [2.45, 2.75) is 20.4 Å². The summed E-state index contributed by atoms with van der Waals surface area (Å²) >= 11 is 12.0. The van der Waals surface area contributed by atoms with E-state index in [-0.39, 0.29) is 0 Å². The van der Waals surface area contributed by atoms with Gasteiger partial charge in [0.15, 0.2) is 0 Å². The smallest absolute Gasteiger partial charge is 0.0693 e. The largest absolute Gasteiger partial charge is 0.396 e. The first-order valence-corrected chi connectivity index (χ1v) is 6.07. The lowest BCUT2D eigenvalue weighted by Crippen LogP contribution is -2.22. The SMILES string of the molecule is CC(C)CN(C)Cc1cc(Cl)c(N)c(Cl)c1. The van der Waals surface area contributed by atoms with Crippen LogP contribution in [-0.2, 0) is 6.54 Å². The minimum atomic E-state index is 0.457. The molecule has 1 aromatic carbocycles. The molecule has 0 unspecified atom stereocenters. The second kappa shape index (κ2) is 5.76. The van der Waals surface area contributed by atoms with Gasteiger partial charge in [0.2, 0.25) is 0 Å². The molecule has 1 rings (SSSR count). The molecule has 16 heavy (non-hydrogen) atoms. The number of hydrogen-bond acceptors (Lipinski definition) is 2. The van der Waals surface area contributed by atoms with E-state index in [1.165, 1.54) is 0 Å². The van der Waals surface area contributed by atoms with Gasteiger partial charge in [0, 0.05) is 13.1 Å². The monoisotopic (exact) mass is 260 g/mol. The van der Waals surface area contributed by atoms with Gasteiger partial charge in [0.25, 0.3) is 0 Å². The fraction of sp³-hybridized carbons (Fsp3) is 0.500. The van der Waals surface area contributed by atoms with Crippen LogP contribution in [0.5, 0.6) is 0 Å². The van der Waals surface area contributed by atoms with Crippen LogP contribution >= 0.6 is 23.2 Å². The molecule has 0 saturated carbocycles. The fourth-order valence-electron chi connectivity index (χ4n) is 1.73. The summed E-state index contributed by atoms with van der Waals surface area (Å²) < 4.78 is 0. The van der Waals surface area contributed by atoms with Crippen molar-refractivity contribution in [3.8, 4) is 0 Å². The molecular formula is C12H18Cl2N2. The third kappa shape index (κ3) is 3.85. The highest BCUT2D eigenvalue weighted by atomic mass is 35.5. The molecule has 2 N–H and O–H groups in total. The zero-order chi connectivity index (χ0) is 12.3. The molecule has 0 atom stereocenters. The minimum absolute atomic E-state index is 0.457. The molecule has 1 aromatic rings. The van der Waals surface area contributed by atoms with E-state index >= 15 is 0 Å². The van der Waals surface area contributed by atoms with Crippen molar-refractivity contribution in [2.75, 3.05) is 19.3 Å². The Balaban J connectivity index is 2.74. The summed E-state index contributed by atoms with van der Waals surface area (Å²) in [5.74, 6) is 0.643. The molecule has 4 heteroatoms. The minimum Gasteiger partial charge on any atom is -0.396 e. The summed E-state index contributed by atoms with van der Waals surface area (Å²) in [5.41, 5.74) is 7.23. The second-order valence-electron chi connectivity index (χ2n) is 4.56. The summed E-state index contributed by atoms with van der Waals surface area (Å²) in [6.07, 6.45) is 0. The maximum absolute atomic E-state index is 5.98. The molecule has 0 bridgehead atoms. The second-order valence-corrected chi connectivity index (χ2v) is 5.38. The topological polar surface area (TPSA) is 29.3 Å². The molecule has 0 saturated heterocycles. The fourth-order valence-corrected chi connectivity index (χ4v) is 2.26. The van der Waals surface area contributed by atoms with Gasteiger partial charge in [-0.3, -0.25) is 0 Å². The average molecular weight is 261 g/mol. The Morgan fingerprint density at radius 1 is 1.25 bits per heavy atom. The lowest BCUT2D eigenvalue weighted by atomic mass is 10.1. The van der Waals surface area contributed by atoms with E-state index in [1.807, 2.05) is 12.1 Å². The van der Waals surface area contributed by atoms with E-state index in [9.17, 15) is 0 Å². The lowest BCUT2D eigenvalue weighted by Gasteiger charge is -2.19. The third-order valence-electron chi connectivity index (χ3n) is 2.27. The number of rotatable bonds is 4. The average Bonchev–Trinajstić information content (AvgIpc) is 2.12. The van der Waals surface area contributed by atoms with Gasteiger partial charge in [0.05, 0.1) is 15.7 Å². The number of nitrogens with zero attached hydrogens (tertiary/aromatic N) is 1. The summed E-state index contributed by atoms with van der Waals surface area (Å²) in [5, 5.41) is 1.06. The molecule has 0 amide bonds. The third-order valence-corrected chi connectivity index (χ3v) is 2.89. The number of nitrogens with two attached hydrogens (primary N) is 1. The van der Waals surface area contributed by atoms with Gasteiger partial charge in [0.1, 0.15) is 0 Å². The van der Waals surface area contributed by atoms with E-state index in [0.29, 0.717) is 21.7 Å². The molecule has 0 fully saturated rings. The number of anilines is 1. The van der Waals surface area contributed by atoms with Crippen LogP contribution in [0.25, 0.3) is 0 Å². The van der Waals surface area contributed by atoms with Crippen molar-refractivity contribution in [1.29, 1.82) is 0 Å². The van der Waals surface area contributed by atoms with Gasteiger partial charge in [-0.15, -0.1) is 0 Å². The van der Waals surface area contributed by atoms with Gasteiger partial charge in [-0.2, -0.15) is 0 Å². The molecule has 0 aliphatic carbocycles. The predicted molar refractivity (Wildman–Crippen MR) is 72.0 cm³/mol. The molecule has 0 aliphatic heterocycles. The number of nitrogen functional groups attached to an aromatic ring is 1. The van der Waals surface area contributed by atoms with Gasteiger partial charge in [-0.25, -0.2) is 0 Å². The number of benzene rings is 1. The van der Waals surface area contributed by atoms with E-state index in [2.05, 4.69) is 25.8 Å². The van der Waals surface area contributed by atoms with Crippen LogP contribution in [0.1, 0.15) is 19.4 Å². The first-order chi connectivity index (χ1) is 7.40. The van der Waals surface area contributed by atoms with Crippen LogP contribution in [-0.4, -0.2) is 18.5 Å². The normalized spacial score (nSPS) is 11.4. The molecule has 90 valence electrons. The zero-order valence-corrected chi connectivity index (χ0v) is 11.4. The first kappa shape index (κ1) is 13.6. The first-order valence-electron chi connectivity index (χ1n) is 5.32. The van der Waals surface area contributed by atoms with E-state index in [1.54, 1.807) is 0 Å². The van der Waals surface area contributed by atoms with Crippen molar-refractivity contribution >= 4 is 28.9 Å². The Hall–Kier alpha value is -0.440. The summed E-state index contributed by atoms with van der Waals surface area (Å²) in [6, 6.07) is 3.75. The Labute approximate surface area is 107 Å². The van der Waals surface area contributed by atoms with E-state index < -0.39 is 0 Å². The zero-order valence-electron chi connectivity index (χ0n) is 9.93. The standard InChI is InChI=1S/C12H18Cl2N2/c1-8(2)6-16(3)7-9-4-10(13)12(15)11(14)5-9/h4-5,8H,6-7,15H2,1-3H3. The Bertz CT molecular complexity index is 341. The van der Waals surface area contributed by atoms with Gasteiger partial charge >= 0.3 is 0 Å². The maximum atomic E-state index is 5.98. The Morgan fingerprint density at radius 2 is 1.75 bits per heavy atom. The van der Waals surface area contributed by atoms with Crippen molar-refractivity contribution < 1.29 is 0 Å². The highest BCUT2D eigenvalue weighted by Gasteiger charge is 2.07. The number of halogens is 2. The lowest BCUT2D eigenvalue weighted by molar-refractivity contribution is 0.288. The van der Waals surface area contributed by atoms with Crippen LogP contribution in [0.2, 0.25) is 10.0 Å². The van der Waals surface area contributed by atoms with Gasteiger partial charge in [-0.1, -0.05) is 37.0 Å². The molecule has 2 nitrogen and oxygen atoms in total. The van der Waals surface area contributed by atoms with Crippen molar-refractivity contribution in [2.24, 2.45) is 5.92 Å². The summed E-state index contributed by atoms with van der Waals surface area (Å²) in [4.78, 5) is 2.24. The van der Waals surface area contributed by atoms with Gasteiger partial charge < -0.3 is 10.6 Å². The van der Waals surface area contributed by atoms with Crippen molar-refractivity contribution in [3.63, 3.8) is 0 Å². The van der Waals surface area contributed by atoms with Crippen LogP contribution in [0.3, 0.4) is 0 Å². The van der Waals surface area contributed by atoms with E-state index in [0.717, 1.165) is 18.7 Å². The summed E-state index contributed by atoms with van der Waals surface area (Å²) in [7, 11) is 2.08. The maximum Gasteiger partial charge on any atom is 0.0693 e. The Morgan fingerprint density at radius 3 is 2.19 bits per heavy atom. The van der Waals surface area contributed by atoms with Crippen LogP contribution in [0.4, 0.5) is 5.69 Å². The molecule has 0 heterocycles. The van der Waals surface area contributed by atoms with Crippen LogP contribution in [0.15, 0.2) is 12.1 Å². The highest BCUT2D eigenvalue weighted by molar-refractivity contribution is 6.38.